The minimum atomic E-state index is -1.33. The summed E-state index contributed by atoms with van der Waals surface area (Å²) in [5.41, 5.74) is -0.726. The number of benzene rings is 1. The van der Waals surface area contributed by atoms with Crippen molar-refractivity contribution in [2.75, 3.05) is 0 Å². The maximum atomic E-state index is 13.0. The van der Waals surface area contributed by atoms with Crippen LogP contribution in [0, 0.1) is 5.82 Å². The number of carbonyl (C=O) groups excluding carboxylic acids is 1. The van der Waals surface area contributed by atoms with Gasteiger partial charge in [0.1, 0.15) is 11.4 Å². The van der Waals surface area contributed by atoms with E-state index in [0.29, 0.717) is 5.56 Å². The van der Waals surface area contributed by atoms with Gasteiger partial charge in [0.05, 0.1) is 10.9 Å². The maximum absolute atomic E-state index is 13.0. The number of carboxylic acid groups (broad SMARTS) is 1. The summed E-state index contributed by atoms with van der Waals surface area (Å²) in [6, 6.07) is 4.21. The van der Waals surface area contributed by atoms with Crippen LogP contribution < -0.4 is 5.32 Å². The van der Waals surface area contributed by atoms with Crippen LogP contribution in [0.2, 0.25) is 0 Å². The number of carboxylic acids is 1. The van der Waals surface area contributed by atoms with Gasteiger partial charge in [-0.3, -0.25) is 4.79 Å². The van der Waals surface area contributed by atoms with Gasteiger partial charge in [-0.15, -0.1) is 0 Å². The van der Waals surface area contributed by atoms with Crippen molar-refractivity contribution in [3.05, 3.63) is 34.1 Å². The summed E-state index contributed by atoms with van der Waals surface area (Å²) in [5, 5.41) is 11.3. The number of amides is 1. The molecule has 0 aromatic heterocycles. The van der Waals surface area contributed by atoms with E-state index in [1.165, 1.54) is 32.0 Å². The molecule has 18 heavy (non-hydrogen) atoms. The Labute approximate surface area is 112 Å². The zero-order valence-electron chi connectivity index (χ0n) is 9.96. The van der Waals surface area contributed by atoms with Gasteiger partial charge < -0.3 is 10.4 Å². The van der Waals surface area contributed by atoms with Crippen LogP contribution in [0.5, 0.6) is 0 Å². The molecule has 0 heterocycles. The first-order valence-corrected chi connectivity index (χ1v) is 6.00. The van der Waals surface area contributed by atoms with Crippen molar-refractivity contribution < 1.29 is 19.1 Å². The minimum absolute atomic E-state index is 0.00438. The molecule has 0 aliphatic carbocycles. The summed E-state index contributed by atoms with van der Waals surface area (Å²) < 4.78 is 13.3. The Morgan fingerprint density at radius 2 is 2.06 bits per heavy atom. The molecule has 4 nitrogen and oxygen atoms in total. The molecule has 0 fully saturated rings. The molecular weight excluding hydrogens is 305 g/mol. The lowest BCUT2D eigenvalue weighted by molar-refractivity contribution is -0.145. The summed E-state index contributed by atoms with van der Waals surface area (Å²) in [5.74, 6) is -1.96. The fraction of sp³-hybridized carbons (Fsp3) is 0.333. The average Bonchev–Trinajstić information content (AvgIpc) is 2.22. The van der Waals surface area contributed by atoms with Crippen LogP contribution in [0.1, 0.15) is 19.4 Å². The molecule has 1 rings (SSSR count). The standard InChI is InChI=1S/C12H13BrFNO3/c1-12(2,11(17)18)15-10(16)6-7-3-4-9(14)8(13)5-7/h3-5H,6H2,1-2H3,(H,15,16)(H,17,18). The number of hydrogen-bond donors (Lipinski definition) is 2. The number of carbonyl (C=O) groups is 2. The molecule has 98 valence electrons. The number of rotatable bonds is 4. The number of aliphatic carboxylic acids is 1. The lowest BCUT2D eigenvalue weighted by atomic mass is 10.1. The van der Waals surface area contributed by atoms with Crippen LogP contribution in [0.4, 0.5) is 4.39 Å². The van der Waals surface area contributed by atoms with Crippen LogP contribution in [0.15, 0.2) is 22.7 Å². The van der Waals surface area contributed by atoms with Gasteiger partial charge in [-0.25, -0.2) is 9.18 Å². The second kappa shape index (κ2) is 5.48. The van der Waals surface area contributed by atoms with Gasteiger partial charge in [-0.05, 0) is 47.5 Å². The third kappa shape index (κ3) is 3.80. The minimum Gasteiger partial charge on any atom is -0.480 e. The maximum Gasteiger partial charge on any atom is 0.328 e. The fourth-order valence-corrected chi connectivity index (χ4v) is 1.71. The Balaban J connectivity index is 2.71. The van der Waals surface area contributed by atoms with Gasteiger partial charge in [-0.1, -0.05) is 6.07 Å². The largest absolute Gasteiger partial charge is 0.480 e. The fourth-order valence-electron chi connectivity index (χ4n) is 1.28. The molecule has 0 radical (unpaired) electrons. The van der Waals surface area contributed by atoms with E-state index in [0.717, 1.165) is 0 Å². The zero-order valence-corrected chi connectivity index (χ0v) is 11.5. The molecule has 0 saturated heterocycles. The van der Waals surface area contributed by atoms with E-state index in [2.05, 4.69) is 21.2 Å². The Morgan fingerprint density at radius 3 is 2.56 bits per heavy atom. The van der Waals surface area contributed by atoms with E-state index < -0.39 is 23.2 Å². The molecule has 2 N–H and O–H groups in total. The van der Waals surface area contributed by atoms with Crippen LogP contribution in [0.25, 0.3) is 0 Å². The van der Waals surface area contributed by atoms with Gasteiger partial charge in [0, 0.05) is 0 Å². The third-order valence-corrected chi connectivity index (χ3v) is 2.94. The lowest BCUT2D eigenvalue weighted by Gasteiger charge is -2.20. The van der Waals surface area contributed by atoms with Crippen molar-refractivity contribution in [1.82, 2.24) is 5.32 Å². The second-order valence-corrected chi connectivity index (χ2v) is 5.26. The summed E-state index contributed by atoms with van der Waals surface area (Å²) in [7, 11) is 0. The molecule has 0 aliphatic heterocycles. The highest BCUT2D eigenvalue weighted by atomic mass is 79.9. The van der Waals surface area contributed by atoms with Crippen molar-refractivity contribution in [2.45, 2.75) is 25.8 Å². The average molecular weight is 318 g/mol. The van der Waals surface area contributed by atoms with Crippen molar-refractivity contribution >= 4 is 27.8 Å². The molecule has 0 bridgehead atoms. The van der Waals surface area contributed by atoms with E-state index in [9.17, 15) is 14.0 Å². The quantitative estimate of drug-likeness (QED) is 0.893. The van der Waals surface area contributed by atoms with Gasteiger partial charge in [0.2, 0.25) is 5.91 Å². The van der Waals surface area contributed by atoms with Crippen molar-refractivity contribution in [3.8, 4) is 0 Å². The van der Waals surface area contributed by atoms with Crippen molar-refractivity contribution in [2.24, 2.45) is 0 Å². The monoisotopic (exact) mass is 317 g/mol. The summed E-state index contributed by atoms with van der Waals surface area (Å²) in [6.07, 6.45) is -0.00438. The molecule has 0 atom stereocenters. The Bertz CT molecular complexity index is 488. The SMILES string of the molecule is CC(C)(NC(=O)Cc1ccc(F)c(Br)c1)C(=O)O. The van der Waals surface area contributed by atoms with Gasteiger partial charge in [0.25, 0.3) is 0 Å². The molecule has 1 amide bonds. The number of halogens is 2. The van der Waals surface area contributed by atoms with Crippen LogP contribution in [0.3, 0.4) is 0 Å². The number of nitrogens with one attached hydrogen (secondary N) is 1. The van der Waals surface area contributed by atoms with Crippen molar-refractivity contribution in [1.29, 1.82) is 0 Å². The number of hydrogen-bond acceptors (Lipinski definition) is 2. The smallest absolute Gasteiger partial charge is 0.328 e. The highest BCUT2D eigenvalue weighted by Crippen LogP contribution is 2.17. The summed E-state index contributed by atoms with van der Waals surface area (Å²) >= 11 is 3.02. The highest BCUT2D eigenvalue weighted by Gasteiger charge is 2.28. The molecular formula is C12H13BrFNO3. The zero-order chi connectivity index (χ0) is 13.9. The molecule has 0 aliphatic rings. The predicted octanol–water partition coefficient (Wildman–Crippen LogP) is 2.11. The summed E-state index contributed by atoms with van der Waals surface area (Å²) in [6.45, 7) is 2.79. The van der Waals surface area contributed by atoms with Crippen molar-refractivity contribution in [3.63, 3.8) is 0 Å². The van der Waals surface area contributed by atoms with Gasteiger partial charge in [0.15, 0.2) is 0 Å². The Hall–Kier alpha value is -1.43. The first-order chi connectivity index (χ1) is 8.22. The van der Waals surface area contributed by atoms with Gasteiger partial charge in [-0.2, -0.15) is 0 Å². The Morgan fingerprint density at radius 1 is 1.44 bits per heavy atom. The topological polar surface area (TPSA) is 66.4 Å². The molecule has 0 unspecified atom stereocenters. The lowest BCUT2D eigenvalue weighted by Crippen LogP contribution is -2.50. The molecule has 1 aromatic rings. The first kappa shape index (κ1) is 14.6. The summed E-state index contributed by atoms with van der Waals surface area (Å²) in [4.78, 5) is 22.5. The molecule has 0 saturated carbocycles. The van der Waals surface area contributed by atoms with Crippen LogP contribution in [-0.4, -0.2) is 22.5 Å². The van der Waals surface area contributed by atoms with Gasteiger partial charge >= 0.3 is 5.97 Å². The molecule has 0 spiro atoms. The second-order valence-electron chi connectivity index (χ2n) is 4.40. The molecule has 6 heteroatoms. The first-order valence-electron chi connectivity index (χ1n) is 5.20. The van der Waals surface area contributed by atoms with E-state index in [1.54, 1.807) is 0 Å². The Kier molecular flexibility index (Phi) is 4.45. The normalized spacial score (nSPS) is 11.1. The van der Waals surface area contributed by atoms with E-state index in [4.69, 9.17) is 5.11 Å². The van der Waals surface area contributed by atoms with E-state index >= 15 is 0 Å². The molecule has 1 aromatic carbocycles. The predicted molar refractivity (Wildman–Crippen MR) is 67.7 cm³/mol. The van der Waals surface area contributed by atoms with E-state index in [-0.39, 0.29) is 10.9 Å². The highest BCUT2D eigenvalue weighted by molar-refractivity contribution is 9.10. The third-order valence-electron chi connectivity index (χ3n) is 2.34. The van der Waals surface area contributed by atoms with E-state index in [1.807, 2.05) is 0 Å². The van der Waals surface area contributed by atoms with Crippen LogP contribution >= 0.6 is 15.9 Å². The van der Waals surface area contributed by atoms with Crippen LogP contribution in [-0.2, 0) is 16.0 Å².